The van der Waals surface area contributed by atoms with Crippen LogP contribution in [0.2, 0.25) is 0 Å². The van der Waals surface area contributed by atoms with Crippen LogP contribution in [0, 0.1) is 0 Å². The standard InChI is InChI=1S/C43H29NO2/c1-43(2)35-14-6-3-11-29(35)30-22-19-28(25-36(30)43)44(27-20-23-40-34(24-27)32-13-5-7-16-38(32)45-40)37-15-9-10-26-18-21-33-31-12-4-8-17-39(31)46-42(33)41(26)37/h3-25H,1-2H3. The zero-order chi connectivity index (χ0) is 30.6. The third kappa shape index (κ3) is 3.43. The first-order valence-corrected chi connectivity index (χ1v) is 15.9. The van der Waals surface area contributed by atoms with Crippen LogP contribution in [0.3, 0.4) is 0 Å². The van der Waals surface area contributed by atoms with Gasteiger partial charge in [0, 0.05) is 43.7 Å². The molecule has 0 radical (unpaired) electrons. The first-order valence-electron chi connectivity index (χ1n) is 15.9. The Morgan fingerprint density at radius 3 is 2.02 bits per heavy atom. The zero-order valence-electron chi connectivity index (χ0n) is 25.5. The Bertz CT molecular complexity index is 2690. The second-order valence-corrected chi connectivity index (χ2v) is 12.9. The molecule has 0 unspecified atom stereocenters. The van der Waals surface area contributed by atoms with Gasteiger partial charge in [-0.3, -0.25) is 0 Å². The molecule has 0 bridgehead atoms. The summed E-state index contributed by atoms with van der Waals surface area (Å²) >= 11 is 0. The maximum atomic E-state index is 6.65. The minimum absolute atomic E-state index is 0.122. The van der Waals surface area contributed by atoms with E-state index in [2.05, 4.69) is 140 Å². The molecule has 46 heavy (non-hydrogen) atoms. The predicted molar refractivity (Wildman–Crippen MR) is 191 cm³/mol. The molecule has 3 heteroatoms. The van der Waals surface area contributed by atoms with Crippen LogP contribution in [0.15, 0.2) is 148 Å². The van der Waals surface area contributed by atoms with Crippen LogP contribution in [-0.2, 0) is 5.41 Å². The van der Waals surface area contributed by atoms with Crippen LogP contribution in [0.1, 0.15) is 25.0 Å². The van der Waals surface area contributed by atoms with Gasteiger partial charge in [0.1, 0.15) is 22.3 Å². The zero-order valence-corrected chi connectivity index (χ0v) is 25.5. The molecule has 9 aromatic rings. The normalized spacial score (nSPS) is 13.6. The van der Waals surface area contributed by atoms with Crippen molar-refractivity contribution >= 4 is 71.7 Å². The van der Waals surface area contributed by atoms with E-state index in [1.165, 1.54) is 22.3 Å². The quantitative estimate of drug-likeness (QED) is 0.205. The number of benzene rings is 7. The fraction of sp³-hybridized carbons (Fsp3) is 0.0698. The molecule has 10 rings (SSSR count). The predicted octanol–water partition coefficient (Wildman–Crippen LogP) is 12.4. The molecule has 0 fully saturated rings. The summed E-state index contributed by atoms with van der Waals surface area (Å²) < 4.78 is 12.9. The smallest absolute Gasteiger partial charge is 0.145 e. The van der Waals surface area contributed by atoms with Crippen molar-refractivity contribution in [2.45, 2.75) is 19.3 Å². The molecule has 0 amide bonds. The molecule has 2 aromatic heterocycles. The first-order chi connectivity index (χ1) is 22.6. The minimum atomic E-state index is -0.122. The highest BCUT2D eigenvalue weighted by Gasteiger charge is 2.36. The molecule has 2 heterocycles. The molecule has 1 aliphatic carbocycles. The first kappa shape index (κ1) is 25.5. The molecule has 0 spiro atoms. The van der Waals surface area contributed by atoms with Gasteiger partial charge in [-0.1, -0.05) is 98.8 Å². The Balaban J connectivity index is 1.29. The number of anilines is 3. The van der Waals surface area contributed by atoms with Gasteiger partial charge in [0.15, 0.2) is 0 Å². The van der Waals surface area contributed by atoms with Crippen molar-refractivity contribution in [2.75, 3.05) is 4.90 Å². The van der Waals surface area contributed by atoms with Gasteiger partial charge in [0.05, 0.1) is 5.69 Å². The molecule has 0 atom stereocenters. The Labute approximate surface area is 265 Å². The third-order valence-corrected chi connectivity index (χ3v) is 10.0. The van der Waals surface area contributed by atoms with Crippen molar-refractivity contribution in [1.82, 2.24) is 0 Å². The summed E-state index contributed by atoms with van der Waals surface area (Å²) in [5.41, 5.74) is 12.0. The number of furan rings is 2. The van der Waals surface area contributed by atoms with E-state index in [0.29, 0.717) is 0 Å². The highest BCUT2D eigenvalue weighted by Crippen LogP contribution is 2.51. The number of fused-ring (bicyclic) bond motifs is 11. The molecule has 7 aromatic carbocycles. The van der Waals surface area contributed by atoms with E-state index < -0.39 is 0 Å². The topological polar surface area (TPSA) is 29.5 Å². The van der Waals surface area contributed by atoms with Gasteiger partial charge in [-0.25, -0.2) is 0 Å². The summed E-state index contributed by atoms with van der Waals surface area (Å²) in [7, 11) is 0. The molecule has 1 aliphatic rings. The Morgan fingerprint density at radius 2 is 1.15 bits per heavy atom. The summed E-state index contributed by atoms with van der Waals surface area (Å²) in [4.78, 5) is 2.40. The fourth-order valence-corrected chi connectivity index (χ4v) is 7.83. The Hall–Kier alpha value is -5.80. The van der Waals surface area contributed by atoms with Crippen molar-refractivity contribution in [2.24, 2.45) is 0 Å². The monoisotopic (exact) mass is 591 g/mol. The van der Waals surface area contributed by atoms with E-state index in [-0.39, 0.29) is 5.41 Å². The van der Waals surface area contributed by atoms with Crippen molar-refractivity contribution in [3.63, 3.8) is 0 Å². The summed E-state index contributed by atoms with van der Waals surface area (Å²) in [6.45, 7) is 4.68. The molecule has 0 aliphatic heterocycles. The van der Waals surface area contributed by atoms with Crippen molar-refractivity contribution in [3.8, 4) is 11.1 Å². The van der Waals surface area contributed by atoms with Gasteiger partial charge in [-0.2, -0.15) is 0 Å². The van der Waals surface area contributed by atoms with Gasteiger partial charge in [-0.15, -0.1) is 0 Å². The second kappa shape index (κ2) is 9.12. The number of hydrogen-bond donors (Lipinski definition) is 0. The average molecular weight is 592 g/mol. The number of para-hydroxylation sites is 2. The Kier molecular flexibility index (Phi) is 5.06. The fourth-order valence-electron chi connectivity index (χ4n) is 7.83. The number of rotatable bonds is 3. The molecular formula is C43H29NO2. The van der Waals surface area contributed by atoms with E-state index in [9.17, 15) is 0 Å². The van der Waals surface area contributed by atoms with Crippen LogP contribution in [0.5, 0.6) is 0 Å². The van der Waals surface area contributed by atoms with Crippen LogP contribution in [0.25, 0.3) is 65.8 Å². The molecule has 218 valence electrons. The average Bonchev–Trinajstić information content (AvgIpc) is 3.73. The van der Waals surface area contributed by atoms with Crippen molar-refractivity contribution in [3.05, 3.63) is 151 Å². The van der Waals surface area contributed by atoms with Gasteiger partial charge < -0.3 is 13.7 Å². The van der Waals surface area contributed by atoms with Crippen LogP contribution in [0.4, 0.5) is 17.1 Å². The maximum Gasteiger partial charge on any atom is 0.145 e. The molecule has 3 nitrogen and oxygen atoms in total. The van der Waals surface area contributed by atoms with Crippen LogP contribution in [-0.4, -0.2) is 0 Å². The summed E-state index contributed by atoms with van der Waals surface area (Å²) in [6, 6.07) is 49.9. The summed E-state index contributed by atoms with van der Waals surface area (Å²) in [5, 5.41) is 6.69. The molecule has 0 saturated carbocycles. The lowest BCUT2D eigenvalue weighted by Gasteiger charge is -2.29. The second-order valence-electron chi connectivity index (χ2n) is 12.9. The highest BCUT2D eigenvalue weighted by atomic mass is 16.3. The van der Waals surface area contributed by atoms with E-state index in [0.717, 1.165) is 71.7 Å². The minimum Gasteiger partial charge on any atom is -0.456 e. The third-order valence-electron chi connectivity index (χ3n) is 10.0. The van der Waals surface area contributed by atoms with Crippen molar-refractivity contribution in [1.29, 1.82) is 0 Å². The lowest BCUT2D eigenvalue weighted by atomic mass is 9.82. The van der Waals surface area contributed by atoms with Gasteiger partial charge in [0.25, 0.3) is 0 Å². The van der Waals surface area contributed by atoms with E-state index >= 15 is 0 Å². The lowest BCUT2D eigenvalue weighted by molar-refractivity contribution is 0.660. The lowest BCUT2D eigenvalue weighted by Crippen LogP contribution is -2.16. The summed E-state index contributed by atoms with van der Waals surface area (Å²) in [6.07, 6.45) is 0. The number of nitrogens with zero attached hydrogens (tertiary/aromatic N) is 1. The molecular weight excluding hydrogens is 562 g/mol. The maximum absolute atomic E-state index is 6.65. The van der Waals surface area contributed by atoms with Crippen molar-refractivity contribution < 1.29 is 8.83 Å². The van der Waals surface area contributed by atoms with Crippen LogP contribution < -0.4 is 4.90 Å². The van der Waals surface area contributed by atoms with E-state index in [1.54, 1.807) is 0 Å². The van der Waals surface area contributed by atoms with E-state index in [1.807, 2.05) is 18.2 Å². The SMILES string of the molecule is CC1(C)c2ccccc2-c2ccc(N(c3ccc4oc5ccccc5c4c3)c3cccc4ccc5c6ccccc6oc5c34)cc21. The molecule has 0 saturated heterocycles. The highest BCUT2D eigenvalue weighted by molar-refractivity contribution is 6.19. The largest absolute Gasteiger partial charge is 0.456 e. The van der Waals surface area contributed by atoms with Gasteiger partial charge in [-0.05, 0) is 82.2 Å². The Morgan fingerprint density at radius 1 is 0.478 bits per heavy atom. The summed E-state index contributed by atoms with van der Waals surface area (Å²) in [5.74, 6) is 0. The van der Waals surface area contributed by atoms with Gasteiger partial charge in [0.2, 0.25) is 0 Å². The van der Waals surface area contributed by atoms with Gasteiger partial charge >= 0.3 is 0 Å². The number of hydrogen-bond acceptors (Lipinski definition) is 3. The van der Waals surface area contributed by atoms with Crippen LogP contribution >= 0.6 is 0 Å². The molecule has 0 N–H and O–H groups in total. The van der Waals surface area contributed by atoms with E-state index in [4.69, 9.17) is 8.83 Å².